The third-order valence-corrected chi connectivity index (χ3v) is 4.00. The summed E-state index contributed by atoms with van der Waals surface area (Å²) in [5, 5.41) is 13.7. The van der Waals surface area contributed by atoms with Crippen LogP contribution >= 0.6 is 27.3 Å². The van der Waals surface area contributed by atoms with E-state index in [1.807, 2.05) is 12.1 Å². The zero-order valence-corrected chi connectivity index (χ0v) is 11.9. The fourth-order valence-electron chi connectivity index (χ4n) is 1.94. The molecule has 1 nitrogen and oxygen atoms in total. The first-order valence-electron chi connectivity index (χ1n) is 5.64. The first kappa shape index (κ1) is 12.8. The van der Waals surface area contributed by atoms with Crippen LogP contribution in [-0.4, -0.2) is 11.7 Å². The van der Waals surface area contributed by atoms with Gasteiger partial charge in [-0.15, -0.1) is 0 Å². The van der Waals surface area contributed by atoms with Crippen molar-refractivity contribution in [3.63, 3.8) is 0 Å². The van der Waals surface area contributed by atoms with E-state index in [0.29, 0.717) is 5.92 Å². The molecule has 0 radical (unpaired) electrons. The molecular formula is C14H15BrOS. The monoisotopic (exact) mass is 310 g/mol. The highest BCUT2D eigenvalue weighted by Crippen LogP contribution is 2.19. The number of aliphatic hydroxyl groups excluding tert-OH is 1. The van der Waals surface area contributed by atoms with Crippen LogP contribution in [0.5, 0.6) is 0 Å². The van der Waals surface area contributed by atoms with Crippen molar-refractivity contribution in [2.75, 3.05) is 6.61 Å². The molecule has 0 bridgehead atoms. The van der Waals surface area contributed by atoms with Gasteiger partial charge in [-0.25, -0.2) is 0 Å². The molecule has 0 aliphatic rings. The Morgan fingerprint density at radius 3 is 2.65 bits per heavy atom. The lowest BCUT2D eigenvalue weighted by Gasteiger charge is -2.13. The van der Waals surface area contributed by atoms with Crippen LogP contribution in [0.25, 0.3) is 0 Å². The van der Waals surface area contributed by atoms with Gasteiger partial charge < -0.3 is 5.11 Å². The Bertz CT molecular complexity index is 453. The van der Waals surface area contributed by atoms with E-state index in [-0.39, 0.29) is 6.61 Å². The first-order chi connectivity index (χ1) is 8.28. The first-order valence-corrected chi connectivity index (χ1v) is 7.38. The van der Waals surface area contributed by atoms with Gasteiger partial charge in [-0.3, -0.25) is 0 Å². The summed E-state index contributed by atoms with van der Waals surface area (Å²) in [5.41, 5.74) is 2.60. The summed E-state index contributed by atoms with van der Waals surface area (Å²) < 4.78 is 1.10. The Morgan fingerprint density at radius 2 is 2.00 bits per heavy atom. The van der Waals surface area contributed by atoms with Gasteiger partial charge in [-0.2, -0.15) is 11.3 Å². The zero-order valence-electron chi connectivity index (χ0n) is 9.47. The fourth-order valence-corrected chi connectivity index (χ4v) is 3.07. The van der Waals surface area contributed by atoms with Gasteiger partial charge in [0.2, 0.25) is 0 Å². The molecular weight excluding hydrogens is 296 g/mol. The standard InChI is InChI=1S/C14H15BrOS/c15-14-3-1-2-11(8-14)6-13(9-16)7-12-4-5-17-10-12/h1-5,8,10,13,16H,6-7,9H2. The van der Waals surface area contributed by atoms with Crippen LogP contribution in [0.2, 0.25) is 0 Å². The van der Waals surface area contributed by atoms with Gasteiger partial charge in [-0.05, 0) is 58.8 Å². The molecule has 0 fully saturated rings. The maximum Gasteiger partial charge on any atom is 0.0465 e. The quantitative estimate of drug-likeness (QED) is 0.888. The van der Waals surface area contributed by atoms with E-state index in [1.165, 1.54) is 11.1 Å². The highest BCUT2D eigenvalue weighted by Gasteiger charge is 2.10. The van der Waals surface area contributed by atoms with E-state index in [0.717, 1.165) is 17.3 Å². The lowest BCUT2D eigenvalue weighted by molar-refractivity contribution is 0.225. The highest BCUT2D eigenvalue weighted by molar-refractivity contribution is 9.10. The van der Waals surface area contributed by atoms with E-state index >= 15 is 0 Å². The third kappa shape index (κ3) is 3.95. The van der Waals surface area contributed by atoms with Gasteiger partial charge in [0, 0.05) is 11.1 Å². The molecule has 3 heteroatoms. The van der Waals surface area contributed by atoms with Gasteiger partial charge in [0.15, 0.2) is 0 Å². The van der Waals surface area contributed by atoms with Crippen LogP contribution in [0.15, 0.2) is 45.6 Å². The van der Waals surface area contributed by atoms with Crippen molar-refractivity contribution in [1.29, 1.82) is 0 Å². The van der Waals surface area contributed by atoms with Crippen molar-refractivity contribution in [2.24, 2.45) is 5.92 Å². The number of benzene rings is 1. The van der Waals surface area contributed by atoms with Crippen molar-refractivity contribution in [3.05, 3.63) is 56.7 Å². The van der Waals surface area contributed by atoms with Crippen LogP contribution in [0.3, 0.4) is 0 Å². The average Bonchev–Trinajstić information content (AvgIpc) is 2.81. The van der Waals surface area contributed by atoms with E-state index < -0.39 is 0 Å². The second-order valence-corrected chi connectivity index (χ2v) is 5.91. The van der Waals surface area contributed by atoms with Crippen LogP contribution in [0.4, 0.5) is 0 Å². The van der Waals surface area contributed by atoms with Gasteiger partial charge in [0.25, 0.3) is 0 Å². The summed E-state index contributed by atoms with van der Waals surface area (Å²) in [6.07, 6.45) is 1.87. The largest absolute Gasteiger partial charge is 0.396 e. The molecule has 17 heavy (non-hydrogen) atoms. The molecule has 2 aromatic rings. The maximum absolute atomic E-state index is 9.45. The Balaban J connectivity index is 2.00. The molecule has 1 heterocycles. The molecule has 0 aliphatic heterocycles. The Kier molecular flexibility index (Phi) is 4.77. The van der Waals surface area contributed by atoms with Gasteiger partial charge in [0.05, 0.1) is 0 Å². The Labute approximate surface area is 114 Å². The summed E-state index contributed by atoms with van der Waals surface area (Å²) in [6.45, 7) is 0.238. The number of thiophene rings is 1. The average molecular weight is 311 g/mol. The molecule has 1 atom stereocenters. The van der Waals surface area contributed by atoms with Crippen LogP contribution in [0, 0.1) is 5.92 Å². The molecule has 0 spiro atoms. The normalized spacial score (nSPS) is 12.6. The third-order valence-electron chi connectivity index (χ3n) is 2.78. The fraction of sp³-hybridized carbons (Fsp3) is 0.286. The molecule has 0 amide bonds. The molecule has 0 saturated carbocycles. The summed E-state index contributed by atoms with van der Waals surface area (Å²) >= 11 is 5.19. The molecule has 0 saturated heterocycles. The summed E-state index contributed by atoms with van der Waals surface area (Å²) in [5.74, 6) is 0.305. The van der Waals surface area contributed by atoms with Gasteiger partial charge in [-0.1, -0.05) is 28.1 Å². The van der Waals surface area contributed by atoms with Crippen molar-refractivity contribution in [1.82, 2.24) is 0 Å². The van der Waals surface area contributed by atoms with Crippen molar-refractivity contribution in [3.8, 4) is 0 Å². The molecule has 1 aromatic carbocycles. The minimum atomic E-state index is 0.238. The topological polar surface area (TPSA) is 20.2 Å². The van der Waals surface area contributed by atoms with Crippen molar-refractivity contribution in [2.45, 2.75) is 12.8 Å². The van der Waals surface area contributed by atoms with Crippen LogP contribution in [-0.2, 0) is 12.8 Å². The van der Waals surface area contributed by atoms with Crippen LogP contribution in [0.1, 0.15) is 11.1 Å². The SMILES string of the molecule is OCC(Cc1ccsc1)Cc1cccc(Br)c1. The molecule has 1 N–H and O–H groups in total. The van der Waals surface area contributed by atoms with Gasteiger partial charge >= 0.3 is 0 Å². The number of halogens is 1. The number of hydrogen-bond acceptors (Lipinski definition) is 2. The predicted octanol–water partition coefficient (Wildman–Crippen LogP) is 3.90. The number of aliphatic hydroxyl groups is 1. The molecule has 1 unspecified atom stereocenters. The molecule has 1 aromatic heterocycles. The number of rotatable bonds is 5. The minimum Gasteiger partial charge on any atom is -0.396 e. The second kappa shape index (κ2) is 6.34. The van der Waals surface area contributed by atoms with E-state index in [9.17, 15) is 5.11 Å². The van der Waals surface area contributed by atoms with E-state index in [4.69, 9.17) is 0 Å². The highest BCUT2D eigenvalue weighted by atomic mass is 79.9. The molecule has 0 aliphatic carbocycles. The van der Waals surface area contributed by atoms with E-state index in [2.05, 4.69) is 44.9 Å². The summed E-state index contributed by atoms with van der Waals surface area (Å²) in [7, 11) is 0. The number of hydrogen-bond donors (Lipinski definition) is 1. The zero-order chi connectivity index (χ0) is 12.1. The van der Waals surface area contributed by atoms with Gasteiger partial charge in [0.1, 0.15) is 0 Å². The molecule has 2 rings (SSSR count). The summed E-state index contributed by atoms with van der Waals surface area (Å²) in [6, 6.07) is 10.4. The smallest absolute Gasteiger partial charge is 0.0465 e. The van der Waals surface area contributed by atoms with Crippen molar-refractivity contribution >= 4 is 27.3 Å². The minimum absolute atomic E-state index is 0.238. The van der Waals surface area contributed by atoms with E-state index in [1.54, 1.807) is 11.3 Å². The maximum atomic E-state index is 9.45. The van der Waals surface area contributed by atoms with Crippen molar-refractivity contribution < 1.29 is 5.11 Å². The second-order valence-electron chi connectivity index (χ2n) is 4.22. The lowest BCUT2D eigenvalue weighted by Crippen LogP contribution is -2.12. The molecule has 90 valence electrons. The van der Waals surface area contributed by atoms with Crippen LogP contribution < -0.4 is 0 Å². The lowest BCUT2D eigenvalue weighted by atomic mass is 9.94. The Hall–Kier alpha value is -0.640. The Morgan fingerprint density at radius 1 is 1.18 bits per heavy atom. The predicted molar refractivity (Wildman–Crippen MR) is 76.4 cm³/mol. The summed E-state index contributed by atoms with van der Waals surface area (Å²) in [4.78, 5) is 0.